The van der Waals surface area contributed by atoms with Crippen molar-refractivity contribution in [1.29, 1.82) is 0 Å². The zero-order valence-electron chi connectivity index (χ0n) is 14.3. The van der Waals surface area contributed by atoms with Gasteiger partial charge in [-0.1, -0.05) is 5.16 Å². The molecule has 0 saturated carbocycles. The normalized spacial score (nSPS) is 11.2. The number of nitro groups is 1. The standard InChI is InChI=1S/C16H13N3O7S2/c1-2-25-16(20)12-9-13(26-17-12)14-7-8-15(27-14)28(23,24)18-10-3-5-11(6-4-10)19(21)22/h3-9,18H,2H2,1H3. The van der Waals surface area contributed by atoms with Crippen LogP contribution in [0.3, 0.4) is 0 Å². The summed E-state index contributed by atoms with van der Waals surface area (Å²) in [6.45, 7) is 1.85. The second-order valence-electron chi connectivity index (χ2n) is 5.33. The van der Waals surface area contributed by atoms with Gasteiger partial charge < -0.3 is 9.26 Å². The Morgan fingerprint density at radius 2 is 2.00 bits per heavy atom. The first kappa shape index (κ1) is 19.5. The average Bonchev–Trinajstić information content (AvgIpc) is 3.32. The molecular formula is C16H13N3O7S2. The highest BCUT2D eigenvalue weighted by Gasteiger charge is 2.21. The smallest absolute Gasteiger partial charge is 0.360 e. The molecule has 10 nitrogen and oxygen atoms in total. The van der Waals surface area contributed by atoms with E-state index in [0.717, 1.165) is 11.3 Å². The summed E-state index contributed by atoms with van der Waals surface area (Å²) in [6, 6.07) is 9.25. The molecule has 2 heterocycles. The molecule has 0 radical (unpaired) electrons. The van der Waals surface area contributed by atoms with E-state index in [1.165, 1.54) is 42.5 Å². The number of esters is 1. The maximum absolute atomic E-state index is 12.5. The summed E-state index contributed by atoms with van der Waals surface area (Å²) >= 11 is 0.914. The number of non-ortho nitro benzene ring substituents is 1. The maximum Gasteiger partial charge on any atom is 0.360 e. The van der Waals surface area contributed by atoms with E-state index in [1.807, 2.05) is 0 Å². The number of carbonyl (C=O) groups excluding carboxylic acids is 1. The first-order chi connectivity index (χ1) is 13.3. The SMILES string of the molecule is CCOC(=O)c1cc(-c2ccc(S(=O)(=O)Nc3ccc([N+](=O)[O-])cc3)s2)on1. The van der Waals surface area contributed by atoms with Crippen LogP contribution in [0.25, 0.3) is 10.6 Å². The summed E-state index contributed by atoms with van der Waals surface area (Å²) in [6.07, 6.45) is 0. The van der Waals surface area contributed by atoms with Crippen LogP contribution in [-0.4, -0.2) is 31.1 Å². The molecule has 0 bridgehead atoms. The lowest BCUT2D eigenvalue weighted by Crippen LogP contribution is -2.11. The van der Waals surface area contributed by atoms with Crippen molar-refractivity contribution in [2.75, 3.05) is 11.3 Å². The van der Waals surface area contributed by atoms with E-state index in [9.17, 15) is 23.3 Å². The van der Waals surface area contributed by atoms with Crippen molar-refractivity contribution in [3.8, 4) is 10.6 Å². The highest BCUT2D eigenvalue weighted by molar-refractivity contribution is 7.94. The van der Waals surface area contributed by atoms with Crippen molar-refractivity contribution in [2.45, 2.75) is 11.1 Å². The van der Waals surface area contributed by atoms with Gasteiger partial charge in [-0.3, -0.25) is 14.8 Å². The molecule has 2 aromatic heterocycles. The molecule has 0 aliphatic rings. The van der Waals surface area contributed by atoms with Gasteiger partial charge in [-0.15, -0.1) is 11.3 Å². The number of hydrogen-bond acceptors (Lipinski definition) is 9. The molecule has 0 spiro atoms. The predicted molar refractivity (Wildman–Crippen MR) is 99.7 cm³/mol. The first-order valence-electron chi connectivity index (χ1n) is 7.81. The van der Waals surface area contributed by atoms with Gasteiger partial charge in [-0.25, -0.2) is 13.2 Å². The Morgan fingerprint density at radius 3 is 2.64 bits per heavy atom. The molecule has 146 valence electrons. The van der Waals surface area contributed by atoms with Gasteiger partial charge in [0, 0.05) is 23.9 Å². The third kappa shape index (κ3) is 4.18. The minimum atomic E-state index is -3.91. The first-order valence-corrected chi connectivity index (χ1v) is 10.1. The molecule has 0 aliphatic heterocycles. The molecule has 0 aliphatic carbocycles. The second kappa shape index (κ2) is 7.78. The van der Waals surface area contributed by atoms with Gasteiger partial charge in [0.15, 0.2) is 11.5 Å². The molecule has 3 rings (SSSR count). The lowest BCUT2D eigenvalue weighted by atomic mass is 10.3. The number of nitrogens with zero attached hydrogens (tertiary/aromatic N) is 2. The molecule has 0 saturated heterocycles. The van der Waals surface area contributed by atoms with E-state index in [0.29, 0.717) is 4.88 Å². The number of hydrogen-bond donors (Lipinski definition) is 1. The summed E-state index contributed by atoms with van der Waals surface area (Å²) < 4.78 is 37.3. The van der Waals surface area contributed by atoms with Crippen molar-refractivity contribution < 1.29 is 27.4 Å². The largest absolute Gasteiger partial charge is 0.461 e. The average molecular weight is 423 g/mol. The van der Waals surface area contributed by atoms with Crippen LogP contribution >= 0.6 is 11.3 Å². The highest BCUT2D eigenvalue weighted by Crippen LogP contribution is 2.32. The third-order valence-corrected chi connectivity index (χ3v) is 6.39. The topological polar surface area (TPSA) is 142 Å². The molecule has 0 amide bonds. The van der Waals surface area contributed by atoms with E-state index >= 15 is 0 Å². The minimum Gasteiger partial charge on any atom is -0.461 e. The minimum absolute atomic E-state index is 0.00469. The Labute approximate surface area is 162 Å². The lowest BCUT2D eigenvalue weighted by Gasteiger charge is -2.05. The van der Waals surface area contributed by atoms with Gasteiger partial charge in [0.1, 0.15) is 4.21 Å². The zero-order chi connectivity index (χ0) is 20.3. The van der Waals surface area contributed by atoms with Gasteiger partial charge in [-0.05, 0) is 31.2 Å². The number of thiophene rings is 1. The van der Waals surface area contributed by atoms with Gasteiger partial charge in [0.05, 0.1) is 16.4 Å². The molecular weight excluding hydrogens is 410 g/mol. The van der Waals surface area contributed by atoms with Gasteiger partial charge in [-0.2, -0.15) is 0 Å². The Hall–Kier alpha value is -3.25. The molecule has 1 aromatic carbocycles. The molecule has 1 N–H and O–H groups in total. The van der Waals surface area contributed by atoms with E-state index in [-0.39, 0.29) is 33.6 Å². The number of sulfonamides is 1. The number of carbonyl (C=O) groups is 1. The number of rotatable bonds is 7. The molecule has 28 heavy (non-hydrogen) atoms. The Kier molecular flexibility index (Phi) is 5.42. The lowest BCUT2D eigenvalue weighted by molar-refractivity contribution is -0.384. The Balaban J connectivity index is 1.78. The summed E-state index contributed by atoms with van der Waals surface area (Å²) in [4.78, 5) is 22.2. The summed E-state index contributed by atoms with van der Waals surface area (Å²) in [7, 11) is -3.91. The van der Waals surface area contributed by atoms with Crippen LogP contribution in [0.2, 0.25) is 0 Å². The number of ether oxygens (including phenoxy) is 1. The van der Waals surface area contributed by atoms with Crippen LogP contribution in [0.15, 0.2) is 51.2 Å². The third-order valence-electron chi connectivity index (χ3n) is 3.41. The fourth-order valence-electron chi connectivity index (χ4n) is 2.15. The maximum atomic E-state index is 12.5. The fraction of sp³-hybridized carbons (Fsp3) is 0.125. The van der Waals surface area contributed by atoms with E-state index in [4.69, 9.17) is 9.26 Å². The summed E-state index contributed by atoms with van der Waals surface area (Å²) in [5, 5.41) is 14.3. The van der Waals surface area contributed by atoms with E-state index < -0.39 is 20.9 Å². The molecule has 0 fully saturated rings. The van der Waals surface area contributed by atoms with Crippen molar-refractivity contribution in [3.63, 3.8) is 0 Å². The predicted octanol–water partition coefficient (Wildman–Crippen LogP) is 3.29. The van der Waals surface area contributed by atoms with Crippen molar-refractivity contribution in [1.82, 2.24) is 5.16 Å². The van der Waals surface area contributed by atoms with Gasteiger partial charge >= 0.3 is 5.97 Å². The van der Waals surface area contributed by atoms with Gasteiger partial charge in [0.2, 0.25) is 0 Å². The monoisotopic (exact) mass is 423 g/mol. The van der Waals surface area contributed by atoms with Gasteiger partial charge in [0.25, 0.3) is 15.7 Å². The molecule has 12 heteroatoms. The van der Waals surface area contributed by atoms with E-state index in [1.54, 1.807) is 6.92 Å². The quantitative estimate of drug-likeness (QED) is 0.346. The van der Waals surface area contributed by atoms with Crippen LogP contribution in [0.5, 0.6) is 0 Å². The Morgan fingerprint density at radius 1 is 1.29 bits per heavy atom. The van der Waals surface area contributed by atoms with Crippen LogP contribution in [0, 0.1) is 10.1 Å². The molecule has 0 unspecified atom stereocenters. The van der Waals surface area contributed by atoms with Crippen molar-refractivity contribution >= 4 is 38.7 Å². The van der Waals surface area contributed by atoms with E-state index in [2.05, 4.69) is 9.88 Å². The zero-order valence-corrected chi connectivity index (χ0v) is 16.0. The summed E-state index contributed by atoms with van der Waals surface area (Å²) in [5.74, 6) is -0.411. The second-order valence-corrected chi connectivity index (χ2v) is 8.32. The van der Waals surface area contributed by atoms with Crippen LogP contribution < -0.4 is 4.72 Å². The summed E-state index contributed by atoms with van der Waals surface area (Å²) in [5.41, 5.74) is 0.0209. The number of nitrogens with one attached hydrogen (secondary N) is 1. The van der Waals surface area contributed by atoms with Crippen LogP contribution in [-0.2, 0) is 14.8 Å². The highest BCUT2D eigenvalue weighted by atomic mass is 32.2. The molecule has 3 aromatic rings. The van der Waals surface area contributed by atoms with Crippen molar-refractivity contribution in [2.24, 2.45) is 0 Å². The number of aromatic nitrogens is 1. The number of anilines is 1. The number of nitro benzene ring substituents is 1. The molecule has 0 atom stereocenters. The van der Waals surface area contributed by atoms with Crippen LogP contribution in [0.1, 0.15) is 17.4 Å². The fourth-order valence-corrected chi connectivity index (χ4v) is 4.46. The van der Waals surface area contributed by atoms with Crippen molar-refractivity contribution in [3.05, 3.63) is 58.3 Å². The Bertz CT molecular complexity index is 1120. The van der Waals surface area contributed by atoms with Crippen LogP contribution in [0.4, 0.5) is 11.4 Å². The number of benzene rings is 1.